The van der Waals surface area contributed by atoms with Gasteiger partial charge in [0.05, 0.1) is 6.61 Å². The smallest absolute Gasteiger partial charge is 0.257 e. The summed E-state index contributed by atoms with van der Waals surface area (Å²) >= 11 is 1.22. The van der Waals surface area contributed by atoms with E-state index in [-0.39, 0.29) is 11.7 Å². The van der Waals surface area contributed by atoms with Gasteiger partial charge in [-0.2, -0.15) is 4.37 Å². The number of likely N-dealkylation sites (N-methyl/N-ethyl adjacent to an activating group) is 1. The number of nitrogens with zero attached hydrogens (tertiary/aromatic N) is 2. The van der Waals surface area contributed by atoms with E-state index in [1.54, 1.807) is 7.05 Å². The van der Waals surface area contributed by atoms with E-state index in [0.29, 0.717) is 25.3 Å². The maximum absolute atomic E-state index is 11.7. The summed E-state index contributed by atoms with van der Waals surface area (Å²) in [5.41, 5.74) is 6.13. The monoisotopic (exact) mass is 258 g/mol. The number of rotatable bonds is 6. The summed E-state index contributed by atoms with van der Waals surface area (Å²) in [4.78, 5) is 13.6. The topological polar surface area (TPSA) is 80.5 Å². The maximum atomic E-state index is 11.7. The van der Waals surface area contributed by atoms with Gasteiger partial charge in [0.2, 0.25) is 0 Å². The zero-order valence-electron chi connectivity index (χ0n) is 10.3. The number of ether oxygens (including phenoxy) is 1. The van der Waals surface area contributed by atoms with Crippen LogP contribution in [0.2, 0.25) is 0 Å². The normalized spacial score (nSPS) is 10.3. The van der Waals surface area contributed by atoms with E-state index in [2.05, 4.69) is 9.69 Å². The van der Waals surface area contributed by atoms with Crippen molar-refractivity contribution >= 4 is 28.3 Å². The van der Waals surface area contributed by atoms with E-state index >= 15 is 0 Å². The minimum Gasteiger partial charge on any atom is -0.382 e. The van der Waals surface area contributed by atoms with Crippen LogP contribution in [0.25, 0.3) is 0 Å². The van der Waals surface area contributed by atoms with E-state index in [1.165, 1.54) is 11.5 Å². The summed E-state index contributed by atoms with van der Waals surface area (Å²) in [5.74, 6) is 0.0575. The van der Waals surface area contributed by atoms with Crippen molar-refractivity contribution in [1.82, 2.24) is 9.69 Å². The largest absolute Gasteiger partial charge is 0.382 e. The van der Waals surface area contributed by atoms with Crippen LogP contribution < -0.4 is 16.0 Å². The van der Waals surface area contributed by atoms with E-state index in [0.717, 1.165) is 5.00 Å². The average molecular weight is 258 g/mol. The molecule has 0 fully saturated rings. The molecule has 6 nitrogen and oxygen atoms in total. The molecule has 1 aromatic heterocycles. The highest BCUT2D eigenvalue weighted by molar-refractivity contribution is 7.11. The van der Waals surface area contributed by atoms with Crippen molar-refractivity contribution in [2.45, 2.75) is 6.92 Å². The summed E-state index contributed by atoms with van der Waals surface area (Å²) in [7, 11) is 3.46. The molecule has 0 unspecified atom stereocenters. The van der Waals surface area contributed by atoms with Crippen molar-refractivity contribution in [3.63, 3.8) is 0 Å². The number of nitrogens with two attached hydrogens (primary N) is 1. The molecule has 3 N–H and O–H groups in total. The van der Waals surface area contributed by atoms with Gasteiger partial charge in [-0.3, -0.25) is 4.79 Å². The Hall–Kier alpha value is -1.34. The third-order valence-electron chi connectivity index (χ3n) is 2.28. The summed E-state index contributed by atoms with van der Waals surface area (Å²) in [5, 5.41) is 3.33. The van der Waals surface area contributed by atoms with Crippen molar-refractivity contribution in [3.8, 4) is 0 Å². The van der Waals surface area contributed by atoms with Gasteiger partial charge in [-0.05, 0) is 18.5 Å². The van der Waals surface area contributed by atoms with Crippen LogP contribution in [-0.4, -0.2) is 44.1 Å². The van der Waals surface area contributed by atoms with Gasteiger partial charge < -0.3 is 20.7 Å². The molecule has 1 rings (SSSR count). The van der Waals surface area contributed by atoms with Crippen LogP contribution in [0.1, 0.15) is 17.3 Å². The lowest BCUT2D eigenvalue weighted by Crippen LogP contribution is -2.26. The first-order valence-corrected chi connectivity index (χ1v) is 6.15. The van der Waals surface area contributed by atoms with Crippen molar-refractivity contribution in [2.24, 2.45) is 0 Å². The molecule has 0 radical (unpaired) electrons. The second-order valence-electron chi connectivity index (χ2n) is 3.45. The van der Waals surface area contributed by atoms with Crippen molar-refractivity contribution in [3.05, 3.63) is 5.56 Å². The van der Waals surface area contributed by atoms with Gasteiger partial charge in [0.15, 0.2) is 5.82 Å². The van der Waals surface area contributed by atoms with Crippen molar-refractivity contribution in [1.29, 1.82) is 0 Å². The Kier molecular flexibility index (Phi) is 5.17. The van der Waals surface area contributed by atoms with Crippen LogP contribution in [0.5, 0.6) is 0 Å². The predicted octanol–water partition coefficient (Wildman–Crippen LogP) is 0.558. The molecule has 0 aliphatic rings. The van der Waals surface area contributed by atoms with Gasteiger partial charge in [-0.25, -0.2) is 0 Å². The third kappa shape index (κ3) is 3.31. The molecular formula is C10H18N4O2S. The number of hydrogen-bond acceptors (Lipinski definition) is 6. The maximum Gasteiger partial charge on any atom is 0.257 e. The first-order chi connectivity index (χ1) is 8.11. The Morgan fingerprint density at radius 2 is 2.35 bits per heavy atom. The fourth-order valence-corrected chi connectivity index (χ4v) is 2.13. The van der Waals surface area contributed by atoms with Crippen LogP contribution in [0.4, 0.5) is 10.8 Å². The van der Waals surface area contributed by atoms with Gasteiger partial charge >= 0.3 is 0 Å². The quantitative estimate of drug-likeness (QED) is 0.729. The Bertz CT molecular complexity index is 380. The SMILES string of the molecule is CCOCCN(C)c1snc(N)c1C(=O)NC. The lowest BCUT2D eigenvalue weighted by atomic mass is 10.3. The second-order valence-corrected chi connectivity index (χ2v) is 4.20. The molecule has 7 heteroatoms. The van der Waals surface area contributed by atoms with E-state index < -0.39 is 0 Å². The molecule has 1 heterocycles. The molecule has 17 heavy (non-hydrogen) atoms. The van der Waals surface area contributed by atoms with Crippen molar-refractivity contribution < 1.29 is 9.53 Å². The number of nitrogens with one attached hydrogen (secondary N) is 1. The Labute approximate surface area is 105 Å². The zero-order valence-corrected chi connectivity index (χ0v) is 11.1. The molecule has 0 spiro atoms. The third-order valence-corrected chi connectivity index (χ3v) is 3.25. The standard InChI is InChI=1S/C10H18N4O2S/c1-4-16-6-5-14(3)10-7(9(15)12-2)8(11)13-17-10/h4-6H2,1-3H3,(H2,11,13)(H,12,15). The molecule has 96 valence electrons. The minimum absolute atomic E-state index is 0.213. The average Bonchev–Trinajstić information content (AvgIpc) is 2.70. The van der Waals surface area contributed by atoms with E-state index in [4.69, 9.17) is 10.5 Å². The summed E-state index contributed by atoms with van der Waals surface area (Å²) in [6.07, 6.45) is 0. The number of nitrogen functional groups attached to an aromatic ring is 1. The van der Waals surface area contributed by atoms with Crippen molar-refractivity contribution in [2.75, 3.05) is 44.5 Å². The summed E-state index contributed by atoms with van der Waals surface area (Å²) < 4.78 is 9.28. The first kappa shape index (κ1) is 13.7. The molecule has 0 atom stereocenters. The number of carbonyl (C=O) groups is 1. The van der Waals surface area contributed by atoms with E-state index in [1.807, 2.05) is 18.9 Å². The van der Waals surface area contributed by atoms with Crippen LogP contribution in [0.15, 0.2) is 0 Å². The molecule has 0 saturated carbocycles. The van der Waals surface area contributed by atoms with Crippen LogP contribution in [0, 0.1) is 0 Å². The van der Waals surface area contributed by atoms with Gasteiger partial charge in [0, 0.05) is 27.2 Å². The van der Waals surface area contributed by atoms with Gasteiger partial charge in [0.25, 0.3) is 5.91 Å². The van der Waals surface area contributed by atoms with Gasteiger partial charge in [-0.1, -0.05) is 0 Å². The highest BCUT2D eigenvalue weighted by atomic mass is 32.1. The second kappa shape index (κ2) is 6.41. The number of aromatic nitrogens is 1. The predicted molar refractivity (Wildman–Crippen MR) is 69.7 cm³/mol. The van der Waals surface area contributed by atoms with Gasteiger partial charge in [-0.15, -0.1) is 0 Å². The Balaban J connectivity index is 2.79. The van der Waals surface area contributed by atoms with Gasteiger partial charge in [0.1, 0.15) is 10.6 Å². The van der Waals surface area contributed by atoms with Crippen LogP contribution in [-0.2, 0) is 4.74 Å². The van der Waals surface area contributed by atoms with E-state index in [9.17, 15) is 4.79 Å². The minimum atomic E-state index is -0.213. The first-order valence-electron chi connectivity index (χ1n) is 5.37. The fraction of sp³-hybridized carbons (Fsp3) is 0.600. The number of carbonyl (C=O) groups excluding carboxylic acids is 1. The molecule has 0 aliphatic heterocycles. The Morgan fingerprint density at radius 1 is 1.65 bits per heavy atom. The molecular weight excluding hydrogens is 240 g/mol. The number of anilines is 2. The number of hydrogen-bond donors (Lipinski definition) is 2. The highest BCUT2D eigenvalue weighted by Crippen LogP contribution is 2.29. The molecule has 1 aromatic rings. The highest BCUT2D eigenvalue weighted by Gasteiger charge is 2.20. The molecule has 0 bridgehead atoms. The number of amides is 1. The van der Waals surface area contributed by atoms with Crippen LogP contribution >= 0.6 is 11.5 Å². The van der Waals surface area contributed by atoms with Crippen LogP contribution in [0.3, 0.4) is 0 Å². The molecule has 0 aliphatic carbocycles. The molecule has 0 aromatic carbocycles. The fourth-order valence-electron chi connectivity index (χ4n) is 1.34. The lowest BCUT2D eigenvalue weighted by molar-refractivity contribution is 0.0964. The zero-order chi connectivity index (χ0) is 12.8. The summed E-state index contributed by atoms with van der Waals surface area (Å²) in [6, 6.07) is 0. The molecule has 1 amide bonds. The lowest BCUT2D eigenvalue weighted by Gasteiger charge is -2.17. The summed E-state index contributed by atoms with van der Waals surface area (Å²) in [6.45, 7) is 3.93. The Morgan fingerprint density at radius 3 is 2.94 bits per heavy atom. The molecule has 0 saturated heterocycles.